The van der Waals surface area contributed by atoms with Gasteiger partial charge in [-0.3, -0.25) is 15.0 Å². The summed E-state index contributed by atoms with van der Waals surface area (Å²) in [7, 11) is 1.25. The summed E-state index contributed by atoms with van der Waals surface area (Å²) in [5, 5.41) is 15.8. The first kappa shape index (κ1) is 28.2. The van der Waals surface area contributed by atoms with Crippen LogP contribution in [0.5, 0.6) is 0 Å². The summed E-state index contributed by atoms with van der Waals surface area (Å²) in [4.78, 5) is 39.4. The quantitative estimate of drug-likeness (QED) is 0.247. The number of nitro benzene ring substituents is 1. The fraction of sp³-hybridized carbons (Fsp3) is 0.333. The number of carbonyl (C=O) groups excluding carboxylic acids is 2. The number of non-ortho nitro benzene ring substituents is 1. The van der Waals surface area contributed by atoms with Crippen molar-refractivity contribution < 1.29 is 42.8 Å². The van der Waals surface area contributed by atoms with Gasteiger partial charge in [0.15, 0.2) is 0 Å². The average molecular weight is 497 g/mol. The van der Waals surface area contributed by atoms with E-state index in [2.05, 4.69) is 22.3 Å². The van der Waals surface area contributed by atoms with Crippen LogP contribution in [0.2, 0.25) is 0 Å². The summed E-state index contributed by atoms with van der Waals surface area (Å²) in [5.74, 6) is -2.14. The van der Waals surface area contributed by atoms with Crippen molar-refractivity contribution >= 4 is 17.6 Å². The number of nitrogens with zero attached hydrogens (tertiary/aromatic N) is 3. The van der Waals surface area contributed by atoms with Gasteiger partial charge in [-0.15, -0.1) is 0 Å². The van der Waals surface area contributed by atoms with E-state index in [-0.39, 0.29) is 41.8 Å². The Morgan fingerprint density at radius 2 is 1.73 bits per heavy atom. The molecule has 2 aromatic rings. The van der Waals surface area contributed by atoms with E-state index in [9.17, 15) is 19.7 Å². The number of methoxy groups -OCH3 is 1. The molecule has 4 rings (SSSR count). The van der Waals surface area contributed by atoms with E-state index in [1.807, 2.05) is 18.2 Å². The van der Waals surface area contributed by atoms with Crippen molar-refractivity contribution in [2.24, 2.45) is 0 Å². The number of benzene rings is 2. The summed E-state index contributed by atoms with van der Waals surface area (Å²) in [5.41, 5.74) is 2.60. The summed E-state index contributed by atoms with van der Waals surface area (Å²) in [6, 6.07) is 16.0. The molecule has 2 aromatic carbocycles. The molecule has 0 bridgehead atoms. The van der Waals surface area contributed by atoms with E-state index in [0.29, 0.717) is 29.9 Å². The standard InChI is InChI=1S/C27H29N3O6.Li/c1-17-23(26(31)35-3)25(20-10-7-11-21(14-20)30(33)34)24(18(2)28-17)27(32)36-22-12-13-29(16-22)15-19-8-5-4-6-9-19;/h4-11,14,22,25H,12-13,15-16H2,1-3H3,(H,28,31,32);/q;+1/p-1/t22-,25-;/m0./s1. The Kier molecular flexibility index (Phi) is 9.32. The van der Waals surface area contributed by atoms with Crippen LogP contribution in [-0.4, -0.2) is 48.1 Å². The Balaban J connectivity index is 0.00000380. The summed E-state index contributed by atoms with van der Waals surface area (Å²) in [6.45, 7) is 5.46. The van der Waals surface area contributed by atoms with Gasteiger partial charge in [-0.1, -0.05) is 56.3 Å². The summed E-state index contributed by atoms with van der Waals surface area (Å²) < 4.78 is 10.9. The first-order valence-corrected chi connectivity index (χ1v) is 11.7. The molecule has 0 saturated carbocycles. The molecule has 0 spiro atoms. The first-order valence-electron chi connectivity index (χ1n) is 11.7. The minimum absolute atomic E-state index is 0. The molecule has 0 aliphatic carbocycles. The second-order valence-electron chi connectivity index (χ2n) is 8.92. The molecule has 2 atom stereocenters. The van der Waals surface area contributed by atoms with Crippen LogP contribution in [0, 0.1) is 10.1 Å². The number of esters is 2. The molecule has 10 heteroatoms. The zero-order valence-electron chi connectivity index (χ0n) is 21.5. The van der Waals surface area contributed by atoms with E-state index in [4.69, 9.17) is 9.47 Å². The largest absolute Gasteiger partial charge is 1.00 e. The monoisotopic (exact) mass is 497 g/mol. The van der Waals surface area contributed by atoms with Crippen LogP contribution in [0.1, 0.15) is 37.3 Å². The van der Waals surface area contributed by atoms with Gasteiger partial charge in [0.05, 0.1) is 12.0 Å². The van der Waals surface area contributed by atoms with Crippen molar-refractivity contribution in [1.82, 2.24) is 4.90 Å². The van der Waals surface area contributed by atoms with E-state index in [1.165, 1.54) is 30.9 Å². The predicted octanol–water partition coefficient (Wildman–Crippen LogP) is 1.61. The molecule has 0 unspecified atom stereocenters. The predicted molar refractivity (Wildman–Crippen MR) is 133 cm³/mol. The van der Waals surface area contributed by atoms with E-state index < -0.39 is 22.8 Å². The normalized spacial score (nSPS) is 19.6. The van der Waals surface area contributed by atoms with Crippen LogP contribution in [0.15, 0.2) is 77.1 Å². The van der Waals surface area contributed by atoms with Gasteiger partial charge in [0.25, 0.3) is 5.69 Å². The number of hydrogen-bond donors (Lipinski definition) is 0. The molecule has 9 nitrogen and oxygen atoms in total. The molecule has 1 saturated heterocycles. The average Bonchev–Trinajstić information content (AvgIpc) is 3.30. The van der Waals surface area contributed by atoms with Crippen LogP contribution in [0.25, 0.3) is 5.32 Å². The maximum atomic E-state index is 13.5. The summed E-state index contributed by atoms with van der Waals surface area (Å²) >= 11 is 0. The van der Waals surface area contributed by atoms with E-state index in [0.717, 1.165) is 13.1 Å². The SMILES string of the molecule is COC(=O)C1=C(C)[N-]C(C)=C(C(=O)O[C@H]2CCN(Cc3ccccc3)C2)[C@H]1c1cccc([N+](=O)[O-])c1.[Li+]. The fourth-order valence-corrected chi connectivity index (χ4v) is 4.82. The second kappa shape index (κ2) is 12.2. The van der Waals surface area contributed by atoms with Crippen LogP contribution >= 0.6 is 0 Å². The third-order valence-electron chi connectivity index (χ3n) is 6.48. The topological polar surface area (TPSA) is 113 Å². The van der Waals surface area contributed by atoms with Crippen molar-refractivity contribution in [2.75, 3.05) is 20.2 Å². The van der Waals surface area contributed by atoms with Crippen molar-refractivity contribution in [3.05, 3.63) is 104 Å². The molecule has 2 aliphatic heterocycles. The minimum Gasteiger partial charge on any atom is -0.664 e. The van der Waals surface area contributed by atoms with Gasteiger partial charge in [0.2, 0.25) is 0 Å². The van der Waals surface area contributed by atoms with Gasteiger partial charge in [-0.25, -0.2) is 9.59 Å². The Labute approximate surface area is 227 Å². The van der Waals surface area contributed by atoms with E-state index >= 15 is 0 Å². The molecule has 1 fully saturated rings. The van der Waals surface area contributed by atoms with Crippen molar-refractivity contribution in [3.63, 3.8) is 0 Å². The maximum Gasteiger partial charge on any atom is 1.00 e. The molecular weight excluding hydrogens is 469 g/mol. The van der Waals surface area contributed by atoms with Crippen molar-refractivity contribution in [3.8, 4) is 0 Å². The number of carbonyl (C=O) groups is 2. The van der Waals surface area contributed by atoms with Gasteiger partial charge in [0.1, 0.15) is 6.10 Å². The molecule has 0 aromatic heterocycles. The Morgan fingerprint density at radius 1 is 1.05 bits per heavy atom. The number of ether oxygens (including phenoxy) is 2. The molecule has 188 valence electrons. The third kappa shape index (κ3) is 6.31. The van der Waals surface area contributed by atoms with E-state index in [1.54, 1.807) is 19.9 Å². The van der Waals surface area contributed by atoms with Crippen LogP contribution in [0.4, 0.5) is 5.69 Å². The van der Waals surface area contributed by atoms with Crippen LogP contribution in [0.3, 0.4) is 0 Å². The Bertz CT molecular complexity index is 1240. The number of hydrogen-bond acceptors (Lipinski definition) is 7. The smallest absolute Gasteiger partial charge is 0.664 e. The number of likely N-dealkylation sites (tertiary alicyclic amines) is 1. The van der Waals surface area contributed by atoms with Crippen molar-refractivity contribution in [1.29, 1.82) is 0 Å². The van der Waals surface area contributed by atoms with Gasteiger partial charge < -0.3 is 14.8 Å². The Morgan fingerprint density at radius 3 is 2.38 bits per heavy atom. The fourth-order valence-electron chi connectivity index (χ4n) is 4.82. The van der Waals surface area contributed by atoms with Gasteiger partial charge >= 0.3 is 30.8 Å². The maximum absolute atomic E-state index is 13.5. The number of nitro groups is 1. The van der Waals surface area contributed by atoms with Gasteiger partial charge in [0, 0.05) is 48.8 Å². The molecule has 0 amide bonds. The van der Waals surface area contributed by atoms with Crippen LogP contribution in [-0.2, 0) is 25.6 Å². The Hall–Kier alpha value is -3.38. The minimum atomic E-state index is -0.899. The molecule has 0 radical (unpaired) electrons. The summed E-state index contributed by atoms with van der Waals surface area (Å²) in [6.07, 6.45) is 0.364. The molecule has 2 heterocycles. The second-order valence-corrected chi connectivity index (χ2v) is 8.92. The number of allylic oxidation sites excluding steroid dienone is 2. The molecule has 0 N–H and O–H groups in total. The molecule has 37 heavy (non-hydrogen) atoms. The number of rotatable bonds is 7. The van der Waals surface area contributed by atoms with Gasteiger partial charge in [-0.05, 0) is 17.5 Å². The molecular formula is C27H28LiN3O6. The third-order valence-corrected chi connectivity index (χ3v) is 6.48. The zero-order chi connectivity index (χ0) is 25.8. The van der Waals surface area contributed by atoms with Crippen LogP contribution < -0.4 is 18.9 Å². The molecule has 2 aliphatic rings. The zero-order valence-corrected chi connectivity index (χ0v) is 21.5. The van der Waals surface area contributed by atoms with Gasteiger partial charge in [-0.2, -0.15) is 11.4 Å². The van der Waals surface area contributed by atoms with Crippen molar-refractivity contribution in [2.45, 2.75) is 38.8 Å². The first-order chi connectivity index (χ1) is 17.3.